The summed E-state index contributed by atoms with van der Waals surface area (Å²) in [6.07, 6.45) is 5.47. The Balaban J connectivity index is 0.000000307. The van der Waals surface area contributed by atoms with Crippen molar-refractivity contribution in [3.05, 3.63) is 90.7 Å². The lowest BCUT2D eigenvalue weighted by Gasteiger charge is -2.04. The number of para-hydroxylation sites is 2. The van der Waals surface area contributed by atoms with Gasteiger partial charge in [0, 0.05) is 5.70 Å². The van der Waals surface area contributed by atoms with Gasteiger partial charge >= 0.3 is 0 Å². The van der Waals surface area contributed by atoms with Gasteiger partial charge in [0.05, 0.1) is 11.0 Å². The van der Waals surface area contributed by atoms with Crippen LogP contribution in [-0.4, -0.2) is 15.4 Å². The molecule has 0 fully saturated rings. The van der Waals surface area contributed by atoms with Crippen LogP contribution in [0.2, 0.25) is 0 Å². The van der Waals surface area contributed by atoms with E-state index in [2.05, 4.69) is 30.4 Å². The number of hydrogen-bond acceptors (Lipinski definition) is 2. The van der Waals surface area contributed by atoms with Crippen LogP contribution in [0.15, 0.2) is 84.3 Å². The second-order valence-electron chi connectivity index (χ2n) is 6.41. The molecular formula is C24H30FN3. The van der Waals surface area contributed by atoms with E-state index in [1.54, 1.807) is 12.4 Å². The lowest BCUT2D eigenvalue weighted by molar-refractivity contribution is 0.626. The van der Waals surface area contributed by atoms with Crippen molar-refractivity contribution in [3.8, 4) is 0 Å². The van der Waals surface area contributed by atoms with Gasteiger partial charge in [0.15, 0.2) is 0 Å². The van der Waals surface area contributed by atoms with Crippen LogP contribution in [0.3, 0.4) is 0 Å². The van der Waals surface area contributed by atoms with Crippen molar-refractivity contribution in [1.82, 2.24) is 9.55 Å². The molecule has 28 heavy (non-hydrogen) atoms. The number of imidazole rings is 1. The Kier molecular flexibility index (Phi) is 9.03. The summed E-state index contributed by atoms with van der Waals surface area (Å²) in [5, 5.41) is 0. The van der Waals surface area contributed by atoms with Crippen LogP contribution in [-0.2, 0) is 0 Å². The molecule has 1 heterocycles. The fourth-order valence-electron chi connectivity index (χ4n) is 2.43. The van der Waals surface area contributed by atoms with Crippen molar-refractivity contribution >= 4 is 16.9 Å². The molecule has 0 radical (unpaired) electrons. The molecule has 148 valence electrons. The van der Waals surface area contributed by atoms with Gasteiger partial charge in [-0.05, 0) is 55.7 Å². The largest absolute Gasteiger partial charge is 0.283 e. The zero-order valence-corrected chi connectivity index (χ0v) is 16.4. The van der Waals surface area contributed by atoms with Gasteiger partial charge in [-0.15, -0.1) is 0 Å². The Morgan fingerprint density at radius 3 is 2.36 bits per heavy atom. The van der Waals surface area contributed by atoms with Crippen molar-refractivity contribution in [3.63, 3.8) is 0 Å². The number of nitrogens with zero attached hydrogens (tertiary/aromatic N) is 3. The number of aromatic nitrogens is 2. The van der Waals surface area contributed by atoms with Crippen molar-refractivity contribution in [1.29, 1.82) is 0 Å². The lowest BCUT2D eigenvalue weighted by atomic mass is 10.0. The maximum atomic E-state index is 12.4. The van der Waals surface area contributed by atoms with Gasteiger partial charge in [0.25, 0.3) is 0 Å². The molecule has 0 aliphatic heterocycles. The summed E-state index contributed by atoms with van der Waals surface area (Å²) >= 11 is 0. The number of fused-ring (bicyclic) bond motifs is 1. The van der Waals surface area contributed by atoms with Crippen LogP contribution in [0, 0.1) is 5.82 Å². The molecule has 0 aliphatic rings. The molecule has 0 spiro atoms. The SMILES string of the molecule is C.C=CC(=N/C(C)=C\C)n1cnc2ccccc21.CC(C)c1ccc(F)cc1. The van der Waals surface area contributed by atoms with Crippen molar-refractivity contribution in [2.24, 2.45) is 4.99 Å². The number of aliphatic imine (C=N–C) groups is 1. The van der Waals surface area contributed by atoms with Crippen LogP contribution in [0.4, 0.5) is 4.39 Å². The normalized spacial score (nSPS) is 11.6. The van der Waals surface area contributed by atoms with E-state index >= 15 is 0 Å². The van der Waals surface area contributed by atoms with Gasteiger partial charge in [-0.3, -0.25) is 4.57 Å². The number of allylic oxidation sites excluding steroid dienone is 3. The number of rotatable bonds is 3. The highest BCUT2D eigenvalue weighted by molar-refractivity contribution is 6.00. The number of halogens is 1. The molecule has 0 aliphatic carbocycles. The molecule has 0 saturated carbocycles. The predicted molar refractivity (Wildman–Crippen MR) is 119 cm³/mol. The smallest absolute Gasteiger partial charge is 0.137 e. The van der Waals surface area contributed by atoms with Crippen LogP contribution >= 0.6 is 0 Å². The van der Waals surface area contributed by atoms with Gasteiger partial charge in [0.2, 0.25) is 0 Å². The third-order valence-corrected chi connectivity index (χ3v) is 4.13. The molecule has 0 amide bonds. The topological polar surface area (TPSA) is 30.2 Å². The van der Waals surface area contributed by atoms with Gasteiger partial charge < -0.3 is 0 Å². The zero-order valence-electron chi connectivity index (χ0n) is 16.4. The van der Waals surface area contributed by atoms with Crippen molar-refractivity contribution in [2.45, 2.75) is 41.0 Å². The van der Waals surface area contributed by atoms with E-state index in [9.17, 15) is 4.39 Å². The first-order chi connectivity index (χ1) is 13.0. The first-order valence-electron chi connectivity index (χ1n) is 8.98. The third kappa shape index (κ3) is 6.02. The molecule has 3 aromatic rings. The minimum atomic E-state index is -0.163. The Labute approximate surface area is 168 Å². The second-order valence-corrected chi connectivity index (χ2v) is 6.41. The maximum absolute atomic E-state index is 12.4. The summed E-state index contributed by atoms with van der Waals surface area (Å²) in [6, 6.07) is 14.6. The first kappa shape index (κ1) is 23.0. The molecule has 0 N–H and O–H groups in total. The average molecular weight is 380 g/mol. The van der Waals surface area contributed by atoms with Gasteiger partial charge in [-0.1, -0.05) is 58.2 Å². The van der Waals surface area contributed by atoms with Crippen molar-refractivity contribution in [2.75, 3.05) is 0 Å². The third-order valence-electron chi connectivity index (χ3n) is 4.13. The van der Waals surface area contributed by atoms with Crippen LogP contribution in [0.1, 0.15) is 46.6 Å². The van der Waals surface area contributed by atoms with E-state index < -0.39 is 0 Å². The van der Waals surface area contributed by atoms with Crippen molar-refractivity contribution < 1.29 is 4.39 Å². The summed E-state index contributed by atoms with van der Waals surface area (Å²) in [5.41, 5.74) is 4.13. The van der Waals surface area contributed by atoms with Crippen LogP contribution in [0.25, 0.3) is 11.0 Å². The highest BCUT2D eigenvalue weighted by Gasteiger charge is 2.04. The molecular weight excluding hydrogens is 349 g/mol. The molecule has 3 nitrogen and oxygen atoms in total. The molecule has 0 saturated heterocycles. The monoisotopic (exact) mass is 379 g/mol. The minimum Gasteiger partial charge on any atom is -0.283 e. The fraction of sp³-hybridized carbons (Fsp3) is 0.250. The minimum absolute atomic E-state index is 0. The van der Waals surface area contributed by atoms with E-state index in [1.807, 2.05) is 60.9 Å². The average Bonchev–Trinajstić information content (AvgIpc) is 3.11. The number of benzene rings is 2. The molecule has 3 rings (SSSR count). The Bertz CT molecular complexity index is 947. The fourth-order valence-corrected chi connectivity index (χ4v) is 2.43. The summed E-state index contributed by atoms with van der Waals surface area (Å²) in [4.78, 5) is 8.82. The van der Waals surface area contributed by atoms with Gasteiger partial charge in [-0.2, -0.15) is 0 Å². The Hall–Kier alpha value is -3.01. The standard InChI is InChI=1S/C14H15N3.C9H11F.CH4/c1-4-11(3)16-14(5-2)17-10-15-12-8-6-7-9-13(12)17;1-7(2)8-3-5-9(10)6-4-8;/h4-10H,2H2,1,3H3;3-7H,1-2H3;1H4/b11-4-,16-14?;;. The molecule has 4 heteroatoms. The summed E-state index contributed by atoms with van der Waals surface area (Å²) in [7, 11) is 0. The van der Waals surface area contributed by atoms with E-state index in [1.165, 1.54) is 17.7 Å². The van der Waals surface area contributed by atoms with Crippen LogP contribution in [0.5, 0.6) is 0 Å². The molecule has 2 aromatic carbocycles. The molecule has 0 bridgehead atoms. The predicted octanol–water partition coefficient (Wildman–Crippen LogP) is 6.98. The second kappa shape index (κ2) is 11.0. The maximum Gasteiger partial charge on any atom is 0.137 e. The van der Waals surface area contributed by atoms with E-state index in [0.29, 0.717) is 5.92 Å². The summed E-state index contributed by atoms with van der Waals surface area (Å²) in [5.74, 6) is 1.11. The number of hydrogen-bond donors (Lipinski definition) is 0. The van der Waals surface area contributed by atoms with E-state index in [-0.39, 0.29) is 13.2 Å². The van der Waals surface area contributed by atoms with Gasteiger partial charge in [-0.25, -0.2) is 14.4 Å². The highest BCUT2D eigenvalue weighted by Crippen LogP contribution is 2.14. The first-order valence-corrected chi connectivity index (χ1v) is 8.98. The molecule has 0 atom stereocenters. The summed E-state index contributed by atoms with van der Waals surface area (Å²) in [6.45, 7) is 11.9. The molecule has 0 unspecified atom stereocenters. The lowest BCUT2D eigenvalue weighted by Crippen LogP contribution is -2.07. The Morgan fingerprint density at radius 1 is 1.14 bits per heavy atom. The Morgan fingerprint density at radius 2 is 1.79 bits per heavy atom. The zero-order chi connectivity index (χ0) is 19.8. The van der Waals surface area contributed by atoms with E-state index in [0.717, 1.165) is 22.6 Å². The van der Waals surface area contributed by atoms with Gasteiger partial charge in [0.1, 0.15) is 18.0 Å². The summed E-state index contributed by atoms with van der Waals surface area (Å²) < 4.78 is 14.3. The van der Waals surface area contributed by atoms with E-state index in [4.69, 9.17) is 0 Å². The quantitative estimate of drug-likeness (QED) is 0.357. The molecule has 1 aromatic heterocycles. The highest BCUT2D eigenvalue weighted by atomic mass is 19.1. The van der Waals surface area contributed by atoms with Crippen LogP contribution < -0.4 is 0 Å².